The van der Waals surface area contributed by atoms with Crippen LogP contribution in [0.2, 0.25) is 0 Å². The van der Waals surface area contributed by atoms with Gasteiger partial charge >= 0.3 is 0 Å². The van der Waals surface area contributed by atoms with Crippen LogP contribution in [0.5, 0.6) is 0 Å². The van der Waals surface area contributed by atoms with E-state index in [-0.39, 0.29) is 36.2 Å². The number of hydrogen-bond donors (Lipinski definition) is 2. The van der Waals surface area contributed by atoms with Crippen LogP contribution in [0.15, 0.2) is 4.52 Å². The number of aromatic nitrogens is 2. The van der Waals surface area contributed by atoms with Crippen LogP contribution < -0.4 is 10.6 Å². The summed E-state index contributed by atoms with van der Waals surface area (Å²) in [4.78, 5) is 16.7. The van der Waals surface area contributed by atoms with Crippen LogP contribution in [0.25, 0.3) is 0 Å². The van der Waals surface area contributed by atoms with Gasteiger partial charge in [-0.3, -0.25) is 4.79 Å². The van der Waals surface area contributed by atoms with E-state index in [0.717, 1.165) is 38.2 Å². The second-order valence-corrected chi connectivity index (χ2v) is 6.19. The third kappa shape index (κ3) is 3.74. The van der Waals surface area contributed by atoms with Crippen molar-refractivity contribution in [2.75, 3.05) is 13.1 Å². The smallest absolute Gasteiger partial charge is 0.249 e. The van der Waals surface area contributed by atoms with Gasteiger partial charge in [-0.2, -0.15) is 4.98 Å². The zero-order chi connectivity index (χ0) is 14.1. The monoisotopic (exact) mass is 314 g/mol. The standard InChI is InChI=1S/C14H22N4O2.ClH/c1-8(2)11(16-13(19)10-5-6-15-7-10)14-17-12(18-20-14)9-3-4-9;/h8-11,15H,3-7H2,1-2H3,(H,16,19);1H. The lowest BCUT2D eigenvalue weighted by Crippen LogP contribution is -2.37. The zero-order valence-electron chi connectivity index (χ0n) is 12.5. The van der Waals surface area contributed by atoms with Gasteiger partial charge in [-0.05, 0) is 31.7 Å². The molecule has 2 atom stereocenters. The lowest BCUT2D eigenvalue weighted by atomic mass is 10.0. The number of hydrogen-bond acceptors (Lipinski definition) is 5. The van der Waals surface area contributed by atoms with Crippen molar-refractivity contribution in [1.29, 1.82) is 0 Å². The average Bonchev–Trinajstić information content (AvgIpc) is 2.95. The number of halogens is 1. The van der Waals surface area contributed by atoms with Crippen molar-refractivity contribution in [2.24, 2.45) is 11.8 Å². The minimum absolute atomic E-state index is 0. The molecule has 1 aromatic rings. The Kier molecular flexibility index (Phi) is 5.22. The first-order chi connectivity index (χ1) is 9.65. The molecule has 7 heteroatoms. The number of carbonyl (C=O) groups is 1. The Balaban J connectivity index is 0.00000161. The Morgan fingerprint density at radius 1 is 1.38 bits per heavy atom. The van der Waals surface area contributed by atoms with Crippen LogP contribution in [-0.4, -0.2) is 29.1 Å². The van der Waals surface area contributed by atoms with Gasteiger partial charge in [-0.25, -0.2) is 0 Å². The number of rotatable bonds is 5. The van der Waals surface area contributed by atoms with Crippen molar-refractivity contribution in [1.82, 2.24) is 20.8 Å². The topological polar surface area (TPSA) is 80.0 Å². The molecule has 2 N–H and O–H groups in total. The van der Waals surface area contributed by atoms with Gasteiger partial charge in [0.25, 0.3) is 0 Å². The van der Waals surface area contributed by atoms with E-state index in [1.165, 1.54) is 0 Å². The molecule has 2 unspecified atom stereocenters. The lowest BCUT2D eigenvalue weighted by Gasteiger charge is -2.20. The molecule has 1 aromatic heterocycles. The van der Waals surface area contributed by atoms with E-state index in [4.69, 9.17) is 4.52 Å². The predicted octanol–water partition coefficient (Wildman–Crippen LogP) is 1.79. The van der Waals surface area contributed by atoms with Crippen molar-refractivity contribution in [3.05, 3.63) is 11.7 Å². The summed E-state index contributed by atoms with van der Waals surface area (Å²) in [5.74, 6) is 2.17. The number of amides is 1. The van der Waals surface area contributed by atoms with Gasteiger partial charge < -0.3 is 15.2 Å². The molecule has 2 heterocycles. The molecule has 0 spiro atoms. The summed E-state index contributed by atoms with van der Waals surface area (Å²) in [5.41, 5.74) is 0. The highest BCUT2D eigenvalue weighted by Gasteiger charge is 2.33. The van der Waals surface area contributed by atoms with Crippen molar-refractivity contribution in [3.8, 4) is 0 Å². The van der Waals surface area contributed by atoms with E-state index in [9.17, 15) is 4.79 Å². The van der Waals surface area contributed by atoms with E-state index in [1.54, 1.807) is 0 Å². The van der Waals surface area contributed by atoms with Crippen LogP contribution >= 0.6 is 12.4 Å². The molecule has 0 radical (unpaired) electrons. The van der Waals surface area contributed by atoms with E-state index in [0.29, 0.717) is 11.8 Å². The van der Waals surface area contributed by atoms with E-state index < -0.39 is 0 Å². The minimum atomic E-state index is -0.192. The van der Waals surface area contributed by atoms with Crippen molar-refractivity contribution < 1.29 is 9.32 Å². The summed E-state index contributed by atoms with van der Waals surface area (Å²) in [5, 5.41) is 10.3. The molecule has 1 aliphatic heterocycles. The van der Waals surface area contributed by atoms with Crippen LogP contribution in [0.1, 0.15) is 56.8 Å². The number of carbonyl (C=O) groups excluding carboxylic acids is 1. The van der Waals surface area contributed by atoms with Gasteiger partial charge in [0.1, 0.15) is 6.04 Å². The summed E-state index contributed by atoms with van der Waals surface area (Å²) in [6.07, 6.45) is 3.19. The predicted molar refractivity (Wildman–Crippen MR) is 80.2 cm³/mol. The molecular formula is C14H23ClN4O2. The maximum absolute atomic E-state index is 12.2. The molecule has 1 amide bonds. The average molecular weight is 315 g/mol. The first-order valence-corrected chi connectivity index (χ1v) is 7.49. The third-order valence-electron chi connectivity index (χ3n) is 4.06. The maximum Gasteiger partial charge on any atom is 0.249 e. The van der Waals surface area contributed by atoms with Gasteiger partial charge in [0.15, 0.2) is 5.82 Å². The van der Waals surface area contributed by atoms with E-state index >= 15 is 0 Å². The van der Waals surface area contributed by atoms with Crippen molar-refractivity contribution >= 4 is 18.3 Å². The second kappa shape index (κ2) is 6.75. The number of nitrogens with one attached hydrogen (secondary N) is 2. The fourth-order valence-electron chi connectivity index (χ4n) is 2.54. The van der Waals surface area contributed by atoms with Crippen LogP contribution in [-0.2, 0) is 4.79 Å². The summed E-state index contributed by atoms with van der Waals surface area (Å²) in [7, 11) is 0. The maximum atomic E-state index is 12.2. The Morgan fingerprint density at radius 2 is 2.14 bits per heavy atom. The first kappa shape index (κ1) is 16.2. The highest BCUT2D eigenvalue weighted by atomic mass is 35.5. The first-order valence-electron chi connectivity index (χ1n) is 7.49. The Labute approximate surface area is 130 Å². The van der Waals surface area contributed by atoms with Gasteiger partial charge in [0.2, 0.25) is 11.8 Å². The molecule has 118 valence electrons. The number of nitrogens with zero attached hydrogens (tertiary/aromatic N) is 2. The summed E-state index contributed by atoms with van der Waals surface area (Å²) in [6.45, 7) is 5.78. The second-order valence-electron chi connectivity index (χ2n) is 6.19. The van der Waals surface area contributed by atoms with Gasteiger partial charge in [-0.1, -0.05) is 19.0 Å². The van der Waals surface area contributed by atoms with Crippen LogP contribution in [0.3, 0.4) is 0 Å². The van der Waals surface area contributed by atoms with Gasteiger partial charge in [0.05, 0.1) is 5.92 Å². The van der Waals surface area contributed by atoms with E-state index in [1.807, 2.05) is 0 Å². The van der Waals surface area contributed by atoms with E-state index in [2.05, 4.69) is 34.6 Å². The Hall–Kier alpha value is -1.14. The fraction of sp³-hybridized carbons (Fsp3) is 0.786. The summed E-state index contributed by atoms with van der Waals surface area (Å²) < 4.78 is 5.36. The highest BCUT2D eigenvalue weighted by Crippen LogP contribution is 2.38. The summed E-state index contributed by atoms with van der Waals surface area (Å²) in [6, 6.07) is -0.192. The molecule has 1 saturated heterocycles. The Morgan fingerprint density at radius 3 is 2.71 bits per heavy atom. The van der Waals surface area contributed by atoms with Crippen LogP contribution in [0.4, 0.5) is 0 Å². The Bertz CT molecular complexity index is 481. The van der Waals surface area contributed by atoms with Crippen molar-refractivity contribution in [2.45, 2.75) is 45.1 Å². The molecule has 1 aliphatic carbocycles. The molecule has 2 aliphatic rings. The fourth-order valence-corrected chi connectivity index (χ4v) is 2.54. The molecule has 3 rings (SSSR count). The normalized spacial score (nSPS) is 22.9. The van der Waals surface area contributed by atoms with Crippen LogP contribution in [0, 0.1) is 11.8 Å². The SMILES string of the molecule is CC(C)C(NC(=O)C1CCNC1)c1nc(C2CC2)no1.Cl. The zero-order valence-corrected chi connectivity index (χ0v) is 13.3. The third-order valence-corrected chi connectivity index (χ3v) is 4.06. The molecule has 0 aromatic carbocycles. The molecule has 21 heavy (non-hydrogen) atoms. The van der Waals surface area contributed by atoms with Gasteiger partial charge in [-0.15, -0.1) is 12.4 Å². The highest BCUT2D eigenvalue weighted by molar-refractivity contribution is 5.85. The van der Waals surface area contributed by atoms with Gasteiger partial charge in [0, 0.05) is 12.5 Å². The quantitative estimate of drug-likeness (QED) is 0.866. The molecule has 6 nitrogen and oxygen atoms in total. The molecule has 1 saturated carbocycles. The molecule has 0 bridgehead atoms. The molecule has 2 fully saturated rings. The molecular weight excluding hydrogens is 292 g/mol. The lowest BCUT2D eigenvalue weighted by molar-refractivity contribution is -0.125. The largest absolute Gasteiger partial charge is 0.344 e. The minimum Gasteiger partial charge on any atom is -0.344 e. The van der Waals surface area contributed by atoms with Crippen molar-refractivity contribution in [3.63, 3.8) is 0 Å². The summed E-state index contributed by atoms with van der Waals surface area (Å²) >= 11 is 0.